The van der Waals surface area contributed by atoms with Crippen LogP contribution in [-0.4, -0.2) is 51.4 Å². The molecular weight excluding hydrogens is 348 g/mol. The van der Waals surface area contributed by atoms with Crippen molar-refractivity contribution >= 4 is 28.0 Å². The minimum Gasteiger partial charge on any atom is -0.340 e. The lowest BCUT2D eigenvalue weighted by Gasteiger charge is -2.14. The van der Waals surface area contributed by atoms with Gasteiger partial charge in [0.15, 0.2) is 0 Å². The van der Waals surface area contributed by atoms with E-state index in [9.17, 15) is 22.8 Å². The second kappa shape index (κ2) is 7.97. The average Bonchev–Trinajstić information content (AvgIpc) is 3.01. The van der Waals surface area contributed by atoms with E-state index in [2.05, 4.69) is 10.6 Å². The van der Waals surface area contributed by atoms with Crippen molar-refractivity contribution in [2.75, 3.05) is 20.1 Å². The van der Waals surface area contributed by atoms with Crippen LogP contribution >= 0.6 is 0 Å². The van der Waals surface area contributed by atoms with Crippen LogP contribution in [0, 0.1) is 0 Å². The van der Waals surface area contributed by atoms with Gasteiger partial charge in [0, 0.05) is 26.6 Å². The fraction of sp³-hybridized carbons (Fsp3) is 0.400. The Labute approximate surface area is 145 Å². The van der Waals surface area contributed by atoms with E-state index in [1.165, 1.54) is 24.1 Å². The molecule has 5 amide bonds. The Balaban J connectivity index is 1.87. The summed E-state index contributed by atoms with van der Waals surface area (Å²) < 4.78 is 25.7. The maximum atomic E-state index is 11.9. The fourth-order valence-corrected chi connectivity index (χ4v) is 3.30. The number of benzene rings is 1. The second-order valence-electron chi connectivity index (χ2n) is 5.46. The van der Waals surface area contributed by atoms with Crippen molar-refractivity contribution in [3.63, 3.8) is 0 Å². The van der Waals surface area contributed by atoms with E-state index in [0.29, 0.717) is 32.4 Å². The molecule has 10 heteroatoms. The van der Waals surface area contributed by atoms with Gasteiger partial charge in [0.1, 0.15) is 0 Å². The summed E-state index contributed by atoms with van der Waals surface area (Å²) in [6.45, 7) is 0.765. The first-order valence-corrected chi connectivity index (χ1v) is 9.23. The number of imide groups is 1. The molecule has 9 nitrogen and oxygen atoms in total. The summed E-state index contributed by atoms with van der Waals surface area (Å²) in [6, 6.07) is 4.75. The van der Waals surface area contributed by atoms with Gasteiger partial charge in [-0.25, -0.2) is 22.7 Å². The Morgan fingerprint density at radius 3 is 2.44 bits per heavy atom. The van der Waals surface area contributed by atoms with Gasteiger partial charge in [-0.2, -0.15) is 0 Å². The van der Waals surface area contributed by atoms with Gasteiger partial charge in [-0.15, -0.1) is 0 Å². The minimum absolute atomic E-state index is 0.0356. The zero-order valence-electron chi connectivity index (χ0n) is 13.7. The zero-order chi connectivity index (χ0) is 18.4. The molecule has 3 N–H and O–H groups in total. The van der Waals surface area contributed by atoms with Crippen molar-refractivity contribution in [2.45, 2.75) is 24.2 Å². The lowest BCUT2D eigenvalue weighted by atomic mass is 10.1. The van der Waals surface area contributed by atoms with E-state index in [0.717, 1.165) is 5.56 Å². The minimum atomic E-state index is -3.92. The van der Waals surface area contributed by atoms with Gasteiger partial charge in [0.2, 0.25) is 5.91 Å². The van der Waals surface area contributed by atoms with Gasteiger partial charge in [0.05, 0.1) is 4.90 Å². The van der Waals surface area contributed by atoms with Crippen LogP contribution in [0.1, 0.15) is 18.4 Å². The number of nitrogens with zero attached hydrogens (tertiary/aromatic N) is 1. The Morgan fingerprint density at radius 2 is 1.88 bits per heavy atom. The topological polar surface area (TPSA) is 125 Å². The first-order chi connectivity index (χ1) is 11.8. The number of hydrogen-bond acceptors (Lipinski definition) is 5. The molecule has 0 radical (unpaired) electrons. The SMILES string of the molecule is CNC(=O)NS(=O)(=O)c1ccc(CCNC(=O)N2CCCC2=O)cc1. The van der Waals surface area contributed by atoms with E-state index in [4.69, 9.17) is 0 Å². The van der Waals surface area contributed by atoms with Crippen molar-refractivity contribution in [3.8, 4) is 0 Å². The molecule has 1 saturated heterocycles. The number of urea groups is 2. The van der Waals surface area contributed by atoms with Crippen LogP contribution in [0.4, 0.5) is 9.59 Å². The first kappa shape index (κ1) is 18.7. The van der Waals surface area contributed by atoms with Crippen molar-refractivity contribution in [2.24, 2.45) is 0 Å². The number of hydrogen-bond donors (Lipinski definition) is 3. The molecule has 0 saturated carbocycles. The van der Waals surface area contributed by atoms with Crippen LogP contribution in [0.25, 0.3) is 0 Å². The van der Waals surface area contributed by atoms with E-state index in [1.807, 2.05) is 4.72 Å². The molecule has 1 heterocycles. The van der Waals surface area contributed by atoms with E-state index in [1.54, 1.807) is 12.1 Å². The summed E-state index contributed by atoms with van der Waals surface area (Å²) >= 11 is 0. The van der Waals surface area contributed by atoms with Crippen LogP contribution in [0.15, 0.2) is 29.2 Å². The first-order valence-electron chi connectivity index (χ1n) is 7.75. The van der Waals surface area contributed by atoms with E-state index < -0.39 is 22.1 Å². The number of amides is 5. The molecule has 1 aromatic rings. The summed E-state index contributed by atoms with van der Waals surface area (Å²) in [4.78, 5) is 35.6. The number of carbonyl (C=O) groups is 3. The van der Waals surface area contributed by atoms with E-state index >= 15 is 0 Å². The molecule has 0 spiro atoms. The molecule has 136 valence electrons. The molecule has 1 aromatic carbocycles. The summed E-state index contributed by atoms with van der Waals surface area (Å²) in [7, 11) is -2.60. The molecule has 0 aromatic heterocycles. The highest BCUT2D eigenvalue weighted by Crippen LogP contribution is 2.11. The quantitative estimate of drug-likeness (QED) is 0.684. The standard InChI is InChI=1S/C15H20N4O5S/c1-16-14(21)18-25(23,24)12-6-4-11(5-7-12)8-9-17-15(22)19-10-2-3-13(19)20/h4-7H,2-3,8-10H2,1H3,(H,17,22)(H2,16,18,21). The van der Waals surface area contributed by atoms with Crippen LogP contribution in [0.3, 0.4) is 0 Å². The highest BCUT2D eigenvalue weighted by molar-refractivity contribution is 7.90. The van der Waals surface area contributed by atoms with Crippen LogP contribution in [-0.2, 0) is 21.2 Å². The van der Waals surface area contributed by atoms with Crippen molar-refractivity contribution in [3.05, 3.63) is 29.8 Å². The molecule has 1 aliphatic heterocycles. The Kier molecular flexibility index (Phi) is 5.97. The summed E-state index contributed by atoms with van der Waals surface area (Å²) in [5, 5.41) is 4.83. The molecule has 1 fully saturated rings. The van der Waals surface area contributed by atoms with E-state index in [-0.39, 0.29) is 10.8 Å². The van der Waals surface area contributed by atoms with Crippen LogP contribution in [0.5, 0.6) is 0 Å². The third kappa shape index (κ3) is 4.92. The van der Waals surface area contributed by atoms with Crippen molar-refractivity contribution in [1.29, 1.82) is 0 Å². The number of nitrogens with one attached hydrogen (secondary N) is 3. The third-order valence-corrected chi connectivity index (χ3v) is 5.04. The van der Waals surface area contributed by atoms with Crippen molar-refractivity contribution in [1.82, 2.24) is 20.3 Å². The van der Waals surface area contributed by atoms with Gasteiger partial charge >= 0.3 is 12.1 Å². The lowest BCUT2D eigenvalue weighted by Crippen LogP contribution is -2.41. The summed E-state index contributed by atoms with van der Waals surface area (Å²) in [5.41, 5.74) is 0.812. The van der Waals surface area contributed by atoms with Gasteiger partial charge in [0.25, 0.3) is 10.0 Å². The predicted octanol–water partition coefficient (Wildman–Crippen LogP) is 0.179. The smallest absolute Gasteiger partial charge is 0.328 e. The Morgan fingerprint density at radius 1 is 1.20 bits per heavy atom. The molecule has 0 unspecified atom stereocenters. The molecule has 2 rings (SSSR count). The predicted molar refractivity (Wildman–Crippen MR) is 89.3 cm³/mol. The molecule has 0 atom stereocenters. The van der Waals surface area contributed by atoms with Gasteiger partial charge < -0.3 is 10.6 Å². The highest BCUT2D eigenvalue weighted by Gasteiger charge is 2.25. The van der Waals surface area contributed by atoms with Crippen LogP contribution in [0.2, 0.25) is 0 Å². The number of sulfonamides is 1. The zero-order valence-corrected chi connectivity index (χ0v) is 14.6. The van der Waals surface area contributed by atoms with Crippen LogP contribution < -0.4 is 15.4 Å². The molecule has 1 aliphatic rings. The Bertz CT molecular complexity index is 761. The maximum absolute atomic E-state index is 11.9. The second-order valence-corrected chi connectivity index (χ2v) is 7.14. The summed E-state index contributed by atoms with van der Waals surface area (Å²) in [5.74, 6) is -0.171. The van der Waals surface area contributed by atoms with Gasteiger partial charge in [-0.3, -0.25) is 9.69 Å². The third-order valence-electron chi connectivity index (χ3n) is 3.70. The largest absolute Gasteiger partial charge is 0.340 e. The Hall–Kier alpha value is -2.62. The molecule has 0 aliphatic carbocycles. The van der Waals surface area contributed by atoms with Gasteiger partial charge in [-0.05, 0) is 30.5 Å². The number of carbonyl (C=O) groups excluding carboxylic acids is 3. The molecule has 0 bridgehead atoms. The monoisotopic (exact) mass is 368 g/mol. The lowest BCUT2D eigenvalue weighted by molar-refractivity contribution is -0.125. The fourth-order valence-electron chi connectivity index (χ4n) is 2.34. The molecule has 25 heavy (non-hydrogen) atoms. The molecular formula is C15H20N4O5S. The average molecular weight is 368 g/mol. The summed E-state index contributed by atoms with van der Waals surface area (Å²) in [6.07, 6.45) is 1.57. The number of rotatable bonds is 5. The van der Waals surface area contributed by atoms with Crippen molar-refractivity contribution < 1.29 is 22.8 Å². The van der Waals surface area contributed by atoms with Gasteiger partial charge in [-0.1, -0.05) is 12.1 Å². The maximum Gasteiger partial charge on any atom is 0.328 e. The highest BCUT2D eigenvalue weighted by atomic mass is 32.2. The normalized spacial score (nSPS) is 14.3. The number of likely N-dealkylation sites (tertiary alicyclic amines) is 1.